The first kappa shape index (κ1) is 16.9. The molecule has 0 spiro atoms. The van der Waals surface area contributed by atoms with Crippen molar-refractivity contribution in [1.29, 1.82) is 0 Å². The number of carbonyl (C=O) groups excluding carboxylic acids is 1. The Morgan fingerprint density at radius 2 is 1.85 bits per heavy atom. The Bertz CT molecular complexity index is 1100. The van der Waals surface area contributed by atoms with Gasteiger partial charge in [-0.25, -0.2) is 4.68 Å². The molecule has 4 rings (SSSR count). The zero-order valence-electron chi connectivity index (χ0n) is 15.2. The molecule has 3 aromatic carbocycles. The molecule has 1 amide bonds. The molecule has 0 aliphatic carbocycles. The summed E-state index contributed by atoms with van der Waals surface area (Å²) < 4.78 is 1.59. The van der Waals surface area contributed by atoms with E-state index in [4.69, 9.17) is 0 Å². The summed E-state index contributed by atoms with van der Waals surface area (Å²) in [4.78, 5) is 14.9. The van der Waals surface area contributed by atoms with Crippen molar-refractivity contribution >= 4 is 22.4 Å². The van der Waals surface area contributed by atoms with Crippen LogP contribution in [-0.4, -0.2) is 32.7 Å². The van der Waals surface area contributed by atoms with Crippen LogP contribution in [0.2, 0.25) is 0 Å². The van der Waals surface area contributed by atoms with Crippen molar-refractivity contribution in [3.8, 4) is 5.69 Å². The van der Waals surface area contributed by atoms with E-state index in [2.05, 4.69) is 33.7 Å². The van der Waals surface area contributed by atoms with E-state index in [-0.39, 0.29) is 5.91 Å². The number of carbonyl (C=O) groups is 1. The lowest BCUT2D eigenvalue weighted by molar-refractivity contribution is 0.0988. The first-order valence-corrected chi connectivity index (χ1v) is 8.82. The Kier molecular flexibility index (Phi) is 4.38. The number of rotatable bonds is 4. The number of anilines is 1. The maximum absolute atomic E-state index is 13.1. The number of nitrogens with zero attached hydrogens (tertiary/aromatic N) is 5. The number of amides is 1. The minimum atomic E-state index is -0.0286. The van der Waals surface area contributed by atoms with Crippen LogP contribution in [0.3, 0.4) is 0 Å². The number of benzene rings is 3. The largest absolute Gasteiger partial charge is 0.309 e. The normalized spacial score (nSPS) is 10.9. The van der Waals surface area contributed by atoms with E-state index < -0.39 is 0 Å². The third-order valence-corrected chi connectivity index (χ3v) is 4.65. The van der Waals surface area contributed by atoms with E-state index in [1.54, 1.807) is 9.58 Å². The number of hydrogen-bond donors (Lipinski definition) is 0. The molecule has 134 valence electrons. The van der Waals surface area contributed by atoms with Crippen molar-refractivity contribution < 1.29 is 4.79 Å². The standard InChI is InChI=1S/C21H19N5O/c1-3-25(19-10-8-16-6-4-5-7-17(16)13-19)21(27)18-9-11-20(15(2)12-18)26-14-22-23-24-26/h4-14H,3H2,1-2H3. The second-order valence-electron chi connectivity index (χ2n) is 6.34. The van der Waals surface area contributed by atoms with Gasteiger partial charge in [0.25, 0.3) is 5.91 Å². The monoisotopic (exact) mass is 357 g/mol. The molecular weight excluding hydrogens is 338 g/mol. The number of tetrazole rings is 1. The van der Waals surface area contributed by atoms with Crippen LogP contribution in [0, 0.1) is 6.92 Å². The van der Waals surface area contributed by atoms with E-state index in [1.165, 1.54) is 6.33 Å². The molecule has 27 heavy (non-hydrogen) atoms. The number of fused-ring (bicyclic) bond motifs is 1. The van der Waals surface area contributed by atoms with E-state index in [0.717, 1.165) is 27.7 Å². The van der Waals surface area contributed by atoms with Gasteiger partial charge in [0.05, 0.1) is 5.69 Å². The fourth-order valence-corrected chi connectivity index (χ4v) is 3.26. The molecule has 0 saturated heterocycles. The van der Waals surface area contributed by atoms with Gasteiger partial charge in [-0.3, -0.25) is 4.79 Å². The van der Waals surface area contributed by atoms with Gasteiger partial charge < -0.3 is 4.90 Å². The highest BCUT2D eigenvalue weighted by atomic mass is 16.2. The predicted molar refractivity (Wildman–Crippen MR) is 105 cm³/mol. The highest BCUT2D eigenvalue weighted by molar-refractivity contribution is 6.07. The summed E-state index contributed by atoms with van der Waals surface area (Å²) in [5, 5.41) is 13.5. The van der Waals surface area contributed by atoms with Crippen LogP contribution >= 0.6 is 0 Å². The van der Waals surface area contributed by atoms with Crippen LogP contribution in [0.5, 0.6) is 0 Å². The molecule has 0 aliphatic rings. The van der Waals surface area contributed by atoms with Gasteiger partial charge in [0.1, 0.15) is 6.33 Å². The van der Waals surface area contributed by atoms with Gasteiger partial charge in [-0.1, -0.05) is 30.3 Å². The van der Waals surface area contributed by atoms with Gasteiger partial charge in [0.15, 0.2) is 0 Å². The summed E-state index contributed by atoms with van der Waals surface area (Å²) in [6.07, 6.45) is 1.54. The number of hydrogen-bond acceptors (Lipinski definition) is 4. The second-order valence-corrected chi connectivity index (χ2v) is 6.34. The maximum atomic E-state index is 13.1. The molecule has 0 fully saturated rings. The zero-order chi connectivity index (χ0) is 18.8. The van der Waals surface area contributed by atoms with E-state index in [9.17, 15) is 4.79 Å². The molecule has 6 heteroatoms. The molecule has 0 unspecified atom stereocenters. The van der Waals surface area contributed by atoms with Gasteiger partial charge in [-0.05, 0) is 70.9 Å². The Morgan fingerprint density at radius 1 is 1.04 bits per heavy atom. The summed E-state index contributed by atoms with van der Waals surface area (Å²) in [7, 11) is 0. The fourth-order valence-electron chi connectivity index (χ4n) is 3.26. The van der Waals surface area contributed by atoms with Crippen molar-refractivity contribution in [3.63, 3.8) is 0 Å². The lowest BCUT2D eigenvalue weighted by Crippen LogP contribution is -2.30. The van der Waals surface area contributed by atoms with Gasteiger partial charge in [-0.2, -0.15) is 0 Å². The minimum Gasteiger partial charge on any atom is -0.309 e. The topological polar surface area (TPSA) is 63.9 Å². The highest BCUT2D eigenvalue weighted by Crippen LogP contribution is 2.24. The van der Waals surface area contributed by atoms with Crippen LogP contribution in [0.4, 0.5) is 5.69 Å². The maximum Gasteiger partial charge on any atom is 0.258 e. The molecule has 0 atom stereocenters. The number of aromatic nitrogens is 4. The Balaban J connectivity index is 1.68. The lowest BCUT2D eigenvalue weighted by Gasteiger charge is -2.22. The van der Waals surface area contributed by atoms with Crippen LogP contribution in [0.15, 0.2) is 67.0 Å². The van der Waals surface area contributed by atoms with Crippen molar-refractivity contribution in [2.24, 2.45) is 0 Å². The predicted octanol–water partition coefficient (Wildman–Crippen LogP) is 3.79. The van der Waals surface area contributed by atoms with Gasteiger partial charge in [-0.15, -0.1) is 5.10 Å². The zero-order valence-corrected chi connectivity index (χ0v) is 15.2. The molecule has 4 aromatic rings. The third-order valence-electron chi connectivity index (χ3n) is 4.65. The fraction of sp³-hybridized carbons (Fsp3) is 0.143. The Labute approximate surface area is 157 Å². The van der Waals surface area contributed by atoms with Gasteiger partial charge in [0, 0.05) is 17.8 Å². The van der Waals surface area contributed by atoms with Crippen LogP contribution < -0.4 is 4.90 Å². The van der Waals surface area contributed by atoms with Gasteiger partial charge in [0.2, 0.25) is 0 Å². The summed E-state index contributed by atoms with van der Waals surface area (Å²) in [5.41, 5.74) is 3.32. The Hall–Kier alpha value is -3.54. The first-order valence-electron chi connectivity index (χ1n) is 8.82. The molecule has 1 heterocycles. The quantitative estimate of drug-likeness (QED) is 0.557. The average molecular weight is 357 g/mol. The van der Waals surface area contributed by atoms with Crippen molar-refractivity contribution in [2.45, 2.75) is 13.8 Å². The van der Waals surface area contributed by atoms with E-state index >= 15 is 0 Å². The average Bonchev–Trinajstić information content (AvgIpc) is 3.22. The smallest absolute Gasteiger partial charge is 0.258 e. The summed E-state index contributed by atoms with van der Waals surface area (Å²) >= 11 is 0. The SMILES string of the molecule is CCN(C(=O)c1ccc(-n2cnnn2)c(C)c1)c1ccc2ccccc2c1. The molecule has 0 saturated carbocycles. The minimum absolute atomic E-state index is 0.0286. The Morgan fingerprint density at radius 3 is 2.56 bits per heavy atom. The lowest BCUT2D eigenvalue weighted by atomic mass is 10.1. The van der Waals surface area contributed by atoms with E-state index in [1.807, 2.05) is 56.3 Å². The molecule has 0 aliphatic heterocycles. The number of aryl methyl sites for hydroxylation is 1. The van der Waals surface area contributed by atoms with Crippen LogP contribution in [0.25, 0.3) is 16.5 Å². The molecular formula is C21H19N5O. The molecule has 1 aromatic heterocycles. The van der Waals surface area contributed by atoms with Crippen molar-refractivity contribution in [1.82, 2.24) is 20.2 Å². The van der Waals surface area contributed by atoms with Crippen molar-refractivity contribution in [3.05, 3.63) is 78.1 Å². The van der Waals surface area contributed by atoms with Crippen LogP contribution in [0.1, 0.15) is 22.8 Å². The third kappa shape index (κ3) is 3.17. The van der Waals surface area contributed by atoms with Gasteiger partial charge >= 0.3 is 0 Å². The highest BCUT2D eigenvalue weighted by Gasteiger charge is 2.17. The van der Waals surface area contributed by atoms with Crippen molar-refractivity contribution in [2.75, 3.05) is 11.4 Å². The molecule has 0 N–H and O–H groups in total. The first-order chi connectivity index (χ1) is 13.2. The summed E-state index contributed by atoms with van der Waals surface area (Å²) in [5.74, 6) is -0.0286. The second kappa shape index (κ2) is 6.99. The van der Waals surface area contributed by atoms with E-state index in [0.29, 0.717) is 12.1 Å². The summed E-state index contributed by atoms with van der Waals surface area (Å²) in [6.45, 7) is 4.51. The molecule has 6 nitrogen and oxygen atoms in total. The van der Waals surface area contributed by atoms with Crippen LogP contribution in [-0.2, 0) is 0 Å². The molecule has 0 radical (unpaired) electrons. The molecule has 0 bridgehead atoms. The summed E-state index contributed by atoms with van der Waals surface area (Å²) in [6, 6.07) is 19.8.